The molecule has 2 aliphatic rings. The highest BCUT2D eigenvalue weighted by Crippen LogP contribution is 2.43. The molecule has 5 nitrogen and oxygen atoms in total. The SMILES string of the molecule is CC(C)(C)C.CC1CCCC1.CCCNC(=O)[C@@H]1NCC(c2cc(F)c(C)cc2NC=O)[C@H]1c1cccc(Cl)c1. The highest BCUT2D eigenvalue weighted by molar-refractivity contribution is 6.30. The van der Waals surface area contributed by atoms with Crippen molar-refractivity contribution < 1.29 is 14.0 Å². The van der Waals surface area contributed by atoms with Crippen molar-refractivity contribution in [2.45, 2.75) is 98.4 Å². The van der Waals surface area contributed by atoms with Gasteiger partial charge in [-0.1, -0.05) is 91.0 Å². The molecule has 2 aromatic rings. The molecule has 222 valence electrons. The van der Waals surface area contributed by atoms with E-state index in [9.17, 15) is 14.0 Å². The maximum atomic E-state index is 14.4. The molecule has 0 aromatic heterocycles. The Kier molecular flexibility index (Phi) is 13.6. The average Bonchev–Trinajstić information content (AvgIpc) is 3.53. The maximum absolute atomic E-state index is 14.4. The quantitative estimate of drug-likeness (QED) is 0.294. The molecule has 0 bridgehead atoms. The Hall–Kier alpha value is -2.44. The van der Waals surface area contributed by atoms with Crippen LogP contribution >= 0.6 is 11.6 Å². The lowest BCUT2D eigenvalue weighted by molar-refractivity contribution is -0.123. The second-order valence-electron chi connectivity index (χ2n) is 12.7. The Labute approximate surface area is 246 Å². The molecule has 40 heavy (non-hydrogen) atoms. The van der Waals surface area contributed by atoms with Crippen molar-refractivity contribution in [3.05, 3.63) is 63.9 Å². The molecule has 3 N–H and O–H groups in total. The summed E-state index contributed by atoms with van der Waals surface area (Å²) in [4.78, 5) is 24.0. The topological polar surface area (TPSA) is 70.2 Å². The normalized spacial score (nSPS) is 20.6. The number of carbonyl (C=O) groups is 2. The van der Waals surface area contributed by atoms with Crippen LogP contribution in [0.3, 0.4) is 0 Å². The lowest BCUT2D eigenvalue weighted by Gasteiger charge is -2.26. The van der Waals surface area contributed by atoms with E-state index < -0.39 is 6.04 Å². The van der Waals surface area contributed by atoms with Crippen LogP contribution in [0, 0.1) is 24.1 Å². The van der Waals surface area contributed by atoms with E-state index >= 15 is 0 Å². The van der Waals surface area contributed by atoms with E-state index in [0.29, 0.717) is 46.8 Å². The number of hydrogen-bond acceptors (Lipinski definition) is 3. The van der Waals surface area contributed by atoms with E-state index in [1.807, 2.05) is 25.1 Å². The molecule has 1 unspecified atom stereocenters. The van der Waals surface area contributed by atoms with Gasteiger partial charge in [0.2, 0.25) is 12.3 Å². The average molecular weight is 574 g/mol. The number of rotatable bonds is 7. The Morgan fingerprint density at radius 2 is 1.80 bits per heavy atom. The Balaban J connectivity index is 0.000000425. The van der Waals surface area contributed by atoms with Crippen molar-refractivity contribution in [1.29, 1.82) is 0 Å². The largest absolute Gasteiger partial charge is 0.355 e. The smallest absolute Gasteiger partial charge is 0.237 e. The van der Waals surface area contributed by atoms with Crippen LogP contribution < -0.4 is 16.0 Å². The van der Waals surface area contributed by atoms with E-state index in [4.69, 9.17) is 11.6 Å². The first kappa shape index (κ1) is 33.8. The van der Waals surface area contributed by atoms with Crippen LogP contribution in [0.4, 0.5) is 10.1 Å². The second-order valence-corrected chi connectivity index (χ2v) is 13.1. The van der Waals surface area contributed by atoms with Gasteiger partial charge in [-0.25, -0.2) is 4.39 Å². The van der Waals surface area contributed by atoms with Crippen molar-refractivity contribution in [3.8, 4) is 0 Å². The van der Waals surface area contributed by atoms with Gasteiger partial charge in [-0.15, -0.1) is 0 Å². The fourth-order valence-electron chi connectivity index (χ4n) is 5.12. The van der Waals surface area contributed by atoms with E-state index in [1.165, 1.54) is 31.7 Å². The van der Waals surface area contributed by atoms with Crippen LogP contribution in [-0.2, 0) is 9.59 Å². The van der Waals surface area contributed by atoms with Crippen molar-refractivity contribution >= 4 is 29.6 Å². The number of aryl methyl sites for hydroxylation is 1. The minimum absolute atomic E-state index is 0.100. The molecule has 3 atom stereocenters. The summed E-state index contributed by atoms with van der Waals surface area (Å²) in [5.41, 5.74) is 3.04. The van der Waals surface area contributed by atoms with E-state index in [0.717, 1.165) is 17.9 Å². The summed E-state index contributed by atoms with van der Waals surface area (Å²) in [7, 11) is 0. The lowest BCUT2D eigenvalue weighted by atomic mass is 9.79. The minimum atomic E-state index is -0.488. The van der Waals surface area contributed by atoms with Crippen LogP contribution in [0.1, 0.15) is 102 Å². The molecule has 1 saturated carbocycles. The fourth-order valence-corrected chi connectivity index (χ4v) is 5.32. The van der Waals surface area contributed by atoms with Crippen molar-refractivity contribution in [3.63, 3.8) is 0 Å². The molecule has 4 rings (SSSR count). The highest BCUT2D eigenvalue weighted by atomic mass is 35.5. The van der Waals surface area contributed by atoms with Crippen LogP contribution in [-0.4, -0.2) is 31.4 Å². The number of amides is 2. The lowest BCUT2D eigenvalue weighted by Crippen LogP contribution is -2.43. The predicted molar refractivity (Wildman–Crippen MR) is 166 cm³/mol. The van der Waals surface area contributed by atoms with Gasteiger partial charge in [-0.05, 0) is 65.6 Å². The molecular formula is C33H49ClFN3O2. The summed E-state index contributed by atoms with van der Waals surface area (Å²) in [6.07, 6.45) is 7.36. The van der Waals surface area contributed by atoms with Crippen molar-refractivity contribution in [2.75, 3.05) is 18.4 Å². The van der Waals surface area contributed by atoms with Gasteiger partial charge in [0, 0.05) is 35.6 Å². The summed E-state index contributed by atoms with van der Waals surface area (Å²) >= 11 is 6.22. The van der Waals surface area contributed by atoms with E-state index in [2.05, 4.69) is 50.6 Å². The van der Waals surface area contributed by atoms with Gasteiger partial charge in [-0.3, -0.25) is 9.59 Å². The zero-order chi connectivity index (χ0) is 29.9. The molecule has 2 amide bonds. The molecule has 2 aromatic carbocycles. The van der Waals surface area contributed by atoms with Crippen LogP contribution in [0.5, 0.6) is 0 Å². The Morgan fingerprint density at radius 1 is 1.15 bits per heavy atom. The second kappa shape index (κ2) is 16.1. The van der Waals surface area contributed by atoms with Crippen LogP contribution in [0.2, 0.25) is 5.02 Å². The molecule has 1 aliphatic carbocycles. The van der Waals surface area contributed by atoms with E-state index in [-0.39, 0.29) is 23.6 Å². The van der Waals surface area contributed by atoms with Crippen LogP contribution in [0.15, 0.2) is 36.4 Å². The third-order valence-corrected chi connectivity index (χ3v) is 7.24. The van der Waals surface area contributed by atoms with E-state index in [1.54, 1.807) is 19.1 Å². The molecular weight excluding hydrogens is 525 g/mol. The summed E-state index contributed by atoms with van der Waals surface area (Å²) in [5.74, 6) is 0.116. The van der Waals surface area contributed by atoms with Gasteiger partial charge in [0.25, 0.3) is 0 Å². The number of anilines is 1. The predicted octanol–water partition coefficient (Wildman–Crippen LogP) is 7.97. The number of carbonyl (C=O) groups excluding carboxylic acids is 2. The van der Waals surface area contributed by atoms with Gasteiger partial charge in [0.05, 0.1) is 6.04 Å². The Bertz CT molecular complexity index is 1090. The standard InChI is InChI=1S/C22H25ClFN3O2.C6H12.C5H12/c1-3-7-25-22(29)21-20(14-5-4-6-15(23)9-14)17(11-26-21)16-10-18(24)13(2)8-19(16)27-12-28;1-6-4-2-3-5-6;1-5(2,3)4/h4-6,8-10,12,17,20-21,26H,3,7,11H2,1-2H3,(H,25,29)(H,27,28);6H,2-5H2,1H3;1-4H3/t17?,20-,21-;;/m1../s1. The zero-order valence-electron chi connectivity index (χ0n) is 25.4. The minimum Gasteiger partial charge on any atom is -0.355 e. The first-order valence-corrected chi connectivity index (χ1v) is 15.0. The van der Waals surface area contributed by atoms with Crippen molar-refractivity contribution in [1.82, 2.24) is 10.6 Å². The first-order valence-electron chi connectivity index (χ1n) is 14.6. The summed E-state index contributed by atoms with van der Waals surface area (Å²) in [6, 6.07) is 9.97. The van der Waals surface area contributed by atoms with Gasteiger partial charge >= 0.3 is 0 Å². The summed E-state index contributed by atoms with van der Waals surface area (Å²) in [6.45, 7) is 15.8. The summed E-state index contributed by atoms with van der Waals surface area (Å²) < 4.78 is 14.4. The monoisotopic (exact) mass is 573 g/mol. The number of halogens is 2. The van der Waals surface area contributed by atoms with Gasteiger partial charge in [-0.2, -0.15) is 0 Å². The third-order valence-electron chi connectivity index (χ3n) is 7.00. The van der Waals surface area contributed by atoms with Crippen LogP contribution in [0.25, 0.3) is 0 Å². The number of benzene rings is 2. The number of nitrogens with one attached hydrogen (secondary N) is 3. The van der Waals surface area contributed by atoms with Crippen molar-refractivity contribution in [2.24, 2.45) is 11.3 Å². The molecule has 0 spiro atoms. The third kappa shape index (κ3) is 10.9. The molecule has 0 radical (unpaired) electrons. The first-order chi connectivity index (χ1) is 18.8. The maximum Gasteiger partial charge on any atom is 0.237 e. The molecule has 1 heterocycles. The van der Waals surface area contributed by atoms with Gasteiger partial charge < -0.3 is 16.0 Å². The number of hydrogen-bond donors (Lipinski definition) is 3. The zero-order valence-corrected chi connectivity index (χ0v) is 26.1. The molecule has 1 saturated heterocycles. The summed E-state index contributed by atoms with van der Waals surface area (Å²) in [5, 5.41) is 9.48. The van der Waals surface area contributed by atoms with Gasteiger partial charge in [0.1, 0.15) is 5.82 Å². The van der Waals surface area contributed by atoms with Gasteiger partial charge in [0.15, 0.2) is 0 Å². The molecule has 2 fully saturated rings. The molecule has 7 heteroatoms. The fraction of sp³-hybridized carbons (Fsp3) is 0.576. The Morgan fingerprint density at radius 3 is 2.33 bits per heavy atom. The molecule has 1 aliphatic heterocycles. The highest BCUT2D eigenvalue weighted by Gasteiger charge is 2.42.